The van der Waals surface area contributed by atoms with E-state index in [9.17, 15) is 9.59 Å². The van der Waals surface area contributed by atoms with Gasteiger partial charge >= 0.3 is 11.9 Å². The summed E-state index contributed by atoms with van der Waals surface area (Å²) in [7, 11) is 0. The van der Waals surface area contributed by atoms with Crippen LogP contribution in [-0.4, -0.2) is 24.6 Å². The second kappa shape index (κ2) is 5.51. The van der Waals surface area contributed by atoms with Crippen molar-refractivity contribution in [2.75, 3.05) is 6.61 Å². The average Bonchev–Trinajstić information content (AvgIpc) is 2.87. The van der Waals surface area contributed by atoms with Crippen molar-refractivity contribution in [1.82, 2.24) is 0 Å². The third-order valence-corrected chi connectivity index (χ3v) is 5.03. The fourth-order valence-corrected chi connectivity index (χ4v) is 3.84. The monoisotopic (exact) mass is 268 g/mol. The van der Waals surface area contributed by atoms with Gasteiger partial charge in [0.25, 0.3) is 0 Å². The summed E-state index contributed by atoms with van der Waals surface area (Å²) >= 11 is 0. The highest BCUT2D eigenvalue weighted by Gasteiger charge is 2.51. The van der Waals surface area contributed by atoms with Gasteiger partial charge in [0.05, 0.1) is 5.92 Å². The number of ether oxygens (including phenoxy) is 2. The van der Waals surface area contributed by atoms with E-state index < -0.39 is 0 Å². The molecule has 0 N–H and O–H groups in total. The maximum absolute atomic E-state index is 12.1. The smallest absolute Gasteiger partial charge is 0.309 e. The van der Waals surface area contributed by atoms with Crippen LogP contribution in [0, 0.1) is 29.6 Å². The van der Waals surface area contributed by atoms with Gasteiger partial charge in [-0.05, 0) is 43.4 Å². The summed E-state index contributed by atoms with van der Waals surface area (Å²) in [6, 6.07) is 0. The van der Waals surface area contributed by atoms with Crippen LogP contribution in [0.2, 0.25) is 0 Å². The zero-order valence-electron chi connectivity index (χ0n) is 12.2. The van der Waals surface area contributed by atoms with Crippen LogP contribution >= 0.6 is 0 Å². The molecule has 6 atom stereocenters. The second-order valence-electron chi connectivity index (χ2n) is 6.27. The lowest BCUT2D eigenvalue weighted by Gasteiger charge is -2.30. The summed E-state index contributed by atoms with van der Waals surface area (Å²) < 4.78 is 10.3. The summed E-state index contributed by atoms with van der Waals surface area (Å²) in [4.78, 5) is 22.9. The summed E-state index contributed by atoms with van der Waals surface area (Å²) in [5.74, 6) is 2.12. The van der Waals surface area contributed by atoms with E-state index in [1.807, 2.05) is 0 Å². The molecule has 0 aromatic rings. The number of esters is 2. The molecule has 4 nitrogen and oxygen atoms in total. The van der Waals surface area contributed by atoms with Gasteiger partial charge in [-0.25, -0.2) is 0 Å². The Kier molecular flexibility index (Phi) is 4.16. The Labute approximate surface area is 114 Å². The molecule has 2 fully saturated rings. The Morgan fingerprint density at radius 3 is 2.42 bits per heavy atom. The Balaban J connectivity index is 1.81. The van der Waals surface area contributed by atoms with Gasteiger partial charge in [0.2, 0.25) is 0 Å². The van der Waals surface area contributed by atoms with Crippen LogP contribution in [-0.2, 0) is 19.1 Å². The predicted octanol–water partition coefficient (Wildman–Crippen LogP) is 2.41. The van der Waals surface area contributed by atoms with E-state index in [0.717, 1.165) is 12.3 Å². The molecule has 19 heavy (non-hydrogen) atoms. The second-order valence-corrected chi connectivity index (χ2v) is 6.27. The van der Waals surface area contributed by atoms with Crippen LogP contribution < -0.4 is 0 Å². The van der Waals surface area contributed by atoms with Crippen molar-refractivity contribution in [3.63, 3.8) is 0 Å². The molecular weight excluding hydrogens is 244 g/mol. The highest BCUT2D eigenvalue weighted by atomic mass is 16.6. The summed E-state index contributed by atoms with van der Waals surface area (Å²) in [5.41, 5.74) is 0. The molecule has 0 saturated heterocycles. The highest BCUT2D eigenvalue weighted by Crippen LogP contribution is 2.55. The summed E-state index contributed by atoms with van der Waals surface area (Å²) in [5, 5.41) is 0. The van der Waals surface area contributed by atoms with Crippen LogP contribution in [0.25, 0.3) is 0 Å². The Morgan fingerprint density at radius 1 is 1.21 bits per heavy atom. The topological polar surface area (TPSA) is 52.6 Å². The molecule has 4 heteroatoms. The lowest BCUT2D eigenvalue weighted by atomic mass is 9.76. The van der Waals surface area contributed by atoms with E-state index in [1.54, 1.807) is 6.92 Å². The van der Waals surface area contributed by atoms with Crippen LogP contribution in [0.3, 0.4) is 0 Å². The molecule has 0 aromatic carbocycles. The van der Waals surface area contributed by atoms with Crippen molar-refractivity contribution in [2.45, 2.75) is 46.6 Å². The number of carbonyl (C=O) groups excluding carboxylic acids is 2. The minimum atomic E-state index is -0.364. The van der Waals surface area contributed by atoms with E-state index in [0.29, 0.717) is 17.8 Å². The molecule has 2 bridgehead atoms. The maximum Gasteiger partial charge on any atom is 0.309 e. The molecule has 2 aliphatic carbocycles. The number of carbonyl (C=O) groups is 2. The first-order valence-electron chi connectivity index (χ1n) is 7.24. The van der Waals surface area contributed by atoms with Gasteiger partial charge in [0.1, 0.15) is 12.7 Å². The molecule has 0 heterocycles. The third kappa shape index (κ3) is 2.93. The van der Waals surface area contributed by atoms with Crippen LogP contribution in [0.1, 0.15) is 40.5 Å². The van der Waals surface area contributed by atoms with Gasteiger partial charge in [-0.1, -0.05) is 13.8 Å². The quantitative estimate of drug-likeness (QED) is 0.735. The lowest BCUT2D eigenvalue weighted by Crippen LogP contribution is -2.32. The van der Waals surface area contributed by atoms with E-state index in [4.69, 9.17) is 9.47 Å². The van der Waals surface area contributed by atoms with E-state index >= 15 is 0 Å². The largest absolute Gasteiger partial charge is 0.462 e. The molecule has 108 valence electrons. The zero-order chi connectivity index (χ0) is 14.2. The first kappa shape index (κ1) is 14.4. The van der Waals surface area contributed by atoms with Crippen molar-refractivity contribution in [2.24, 2.45) is 29.6 Å². The van der Waals surface area contributed by atoms with Crippen molar-refractivity contribution in [3.05, 3.63) is 0 Å². The van der Waals surface area contributed by atoms with Crippen molar-refractivity contribution >= 4 is 11.9 Å². The first-order chi connectivity index (χ1) is 8.90. The summed E-state index contributed by atoms with van der Waals surface area (Å²) in [6.07, 6.45) is 1.77. The van der Waals surface area contributed by atoms with E-state index in [1.165, 1.54) is 13.3 Å². The number of hydrogen-bond donors (Lipinski definition) is 0. The Hall–Kier alpha value is -1.06. The van der Waals surface area contributed by atoms with Gasteiger partial charge in [-0.3, -0.25) is 9.59 Å². The molecule has 0 amide bonds. The predicted molar refractivity (Wildman–Crippen MR) is 70.2 cm³/mol. The minimum absolute atomic E-state index is 0.0562. The van der Waals surface area contributed by atoms with Gasteiger partial charge in [0.15, 0.2) is 0 Å². The Bertz CT molecular complexity index is 363. The highest BCUT2D eigenvalue weighted by molar-refractivity contribution is 5.73. The van der Waals surface area contributed by atoms with Crippen LogP contribution in [0.5, 0.6) is 0 Å². The standard InChI is InChI=1S/C15H24O4/c1-8(19-11(4)16)7-18-15(17)14-6-12-5-13(14)10(3)9(12)2/h8-10,12-14H,5-7H2,1-4H3. The number of rotatable bonds is 4. The molecule has 2 aliphatic rings. The van der Waals surface area contributed by atoms with Crippen molar-refractivity contribution < 1.29 is 19.1 Å². The Morgan fingerprint density at radius 2 is 1.89 bits per heavy atom. The van der Waals surface area contributed by atoms with Crippen molar-refractivity contribution in [1.29, 1.82) is 0 Å². The number of fused-ring (bicyclic) bond motifs is 2. The molecule has 0 spiro atoms. The van der Waals surface area contributed by atoms with Gasteiger partial charge in [-0.2, -0.15) is 0 Å². The molecule has 0 aromatic heterocycles. The fourth-order valence-electron chi connectivity index (χ4n) is 3.84. The van der Waals surface area contributed by atoms with E-state index in [2.05, 4.69) is 13.8 Å². The minimum Gasteiger partial charge on any atom is -0.462 e. The normalized spacial score (nSPS) is 38.0. The van der Waals surface area contributed by atoms with E-state index in [-0.39, 0.29) is 30.6 Å². The molecule has 2 saturated carbocycles. The molecular formula is C15H24O4. The lowest BCUT2D eigenvalue weighted by molar-refractivity contribution is -0.161. The van der Waals surface area contributed by atoms with Crippen LogP contribution in [0.15, 0.2) is 0 Å². The van der Waals surface area contributed by atoms with Gasteiger partial charge in [0, 0.05) is 6.92 Å². The third-order valence-electron chi connectivity index (χ3n) is 5.03. The van der Waals surface area contributed by atoms with Crippen LogP contribution in [0.4, 0.5) is 0 Å². The molecule has 0 radical (unpaired) electrons. The molecule has 2 rings (SSSR count). The molecule has 6 unspecified atom stereocenters. The summed E-state index contributed by atoms with van der Waals surface area (Å²) in [6.45, 7) is 7.80. The number of hydrogen-bond acceptors (Lipinski definition) is 4. The van der Waals surface area contributed by atoms with Gasteiger partial charge < -0.3 is 9.47 Å². The van der Waals surface area contributed by atoms with Gasteiger partial charge in [-0.15, -0.1) is 0 Å². The first-order valence-corrected chi connectivity index (χ1v) is 7.24. The zero-order valence-corrected chi connectivity index (χ0v) is 12.2. The van der Waals surface area contributed by atoms with Crippen molar-refractivity contribution in [3.8, 4) is 0 Å². The average molecular weight is 268 g/mol. The fraction of sp³-hybridized carbons (Fsp3) is 0.867. The SMILES string of the molecule is CC(=O)OC(C)COC(=O)C1CC2CC1C(C)C2C. The maximum atomic E-state index is 12.1. The molecule has 0 aliphatic heterocycles.